The zero-order valence-electron chi connectivity index (χ0n) is 15.3. The van der Waals surface area contributed by atoms with E-state index in [4.69, 9.17) is 10.5 Å². The van der Waals surface area contributed by atoms with Gasteiger partial charge >= 0.3 is 0 Å². The van der Waals surface area contributed by atoms with E-state index in [1.807, 2.05) is 36.5 Å². The molecular formula is C23H20N4O. The summed E-state index contributed by atoms with van der Waals surface area (Å²) >= 11 is 0. The molecule has 0 aliphatic carbocycles. The molecule has 0 spiro atoms. The highest BCUT2D eigenvalue weighted by Gasteiger charge is 2.10. The Kier molecular flexibility index (Phi) is 5.32. The number of fused-ring (bicyclic) bond motifs is 1. The van der Waals surface area contributed by atoms with Gasteiger partial charge in [-0.25, -0.2) is 0 Å². The Morgan fingerprint density at radius 2 is 1.86 bits per heavy atom. The second-order valence-electron chi connectivity index (χ2n) is 6.54. The lowest BCUT2D eigenvalue weighted by molar-refractivity contribution is 0.287. The fourth-order valence-corrected chi connectivity index (χ4v) is 2.99. The lowest BCUT2D eigenvalue weighted by atomic mass is 10.1. The zero-order chi connectivity index (χ0) is 19.2. The molecule has 0 radical (unpaired) electrons. The van der Waals surface area contributed by atoms with E-state index in [0.29, 0.717) is 12.4 Å². The molecule has 0 amide bonds. The first-order valence-corrected chi connectivity index (χ1v) is 9.08. The van der Waals surface area contributed by atoms with E-state index in [9.17, 15) is 0 Å². The number of aromatic nitrogens is 3. The van der Waals surface area contributed by atoms with Gasteiger partial charge in [0.2, 0.25) is 0 Å². The molecule has 3 aromatic heterocycles. The molecule has 1 aromatic carbocycles. The van der Waals surface area contributed by atoms with Crippen LogP contribution in [0.4, 0.5) is 0 Å². The minimum absolute atomic E-state index is 0.121. The van der Waals surface area contributed by atoms with Crippen molar-refractivity contribution in [3.8, 4) is 17.6 Å². The Hall–Kier alpha value is -3.62. The number of H-pyrrole nitrogens is 1. The van der Waals surface area contributed by atoms with Gasteiger partial charge in [-0.2, -0.15) is 0 Å². The number of ether oxygens (including phenoxy) is 1. The summed E-state index contributed by atoms with van der Waals surface area (Å²) in [5.74, 6) is 6.80. The second kappa shape index (κ2) is 8.38. The van der Waals surface area contributed by atoms with Crippen molar-refractivity contribution >= 4 is 10.9 Å². The van der Waals surface area contributed by atoms with Gasteiger partial charge in [-0.15, -0.1) is 0 Å². The maximum Gasteiger partial charge on any atom is 0.138 e. The van der Waals surface area contributed by atoms with Crippen molar-refractivity contribution in [3.63, 3.8) is 0 Å². The molecule has 5 nitrogen and oxygen atoms in total. The summed E-state index contributed by atoms with van der Waals surface area (Å²) in [4.78, 5) is 11.5. The van der Waals surface area contributed by atoms with Crippen LogP contribution in [0, 0.1) is 11.8 Å². The topological polar surface area (TPSA) is 76.8 Å². The highest BCUT2D eigenvalue weighted by Crippen LogP contribution is 2.19. The predicted octanol–water partition coefficient (Wildman–Crippen LogP) is 3.31. The third-order valence-electron chi connectivity index (χ3n) is 4.35. The predicted molar refractivity (Wildman–Crippen MR) is 110 cm³/mol. The Labute approximate surface area is 163 Å². The minimum Gasteiger partial charge on any atom is -0.490 e. The molecule has 0 fully saturated rings. The number of pyridine rings is 2. The zero-order valence-corrected chi connectivity index (χ0v) is 15.3. The summed E-state index contributed by atoms with van der Waals surface area (Å²) in [7, 11) is 0. The van der Waals surface area contributed by atoms with E-state index in [-0.39, 0.29) is 6.04 Å². The van der Waals surface area contributed by atoms with E-state index in [1.165, 1.54) is 10.9 Å². The normalized spacial score (nSPS) is 11.6. The van der Waals surface area contributed by atoms with Crippen LogP contribution in [-0.4, -0.2) is 27.6 Å². The Bertz CT molecular complexity index is 1130. The number of nitrogens with zero attached hydrogens (tertiary/aromatic N) is 2. The number of aromatic amines is 1. The quantitative estimate of drug-likeness (QED) is 0.530. The molecule has 0 bridgehead atoms. The molecule has 4 aromatic rings. The van der Waals surface area contributed by atoms with E-state index in [0.717, 1.165) is 23.1 Å². The Balaban J connectivity index is 1.37. The molecule has 1 unspecified atom stereocenters. The summed E-state index contributed by atoms with van der Waals surface area (Å²) in [5.41, 5.74) is 10.2. The van der Waals surface area contributed by atoms with E-state index in [2.05, 4.69) is 38.9 Å². The van der Waals surface area contributed by atoms with Crippen molar-refractivity contribution in [3.05, 3.63) is 90.1 Å². The summed E-state index contributed by atoms with van der Waals surface area (Å²) < 4.78 is 5.84. The number of hydrogen-bond acceptors (Lipinski definition) is 4. The number of hydrogen-bond donors (Lipinski definition) is 2. The second-order valence-corrected chi connectivity index (χ2v) is 6.54. The molecule has 1 atom stereocenters. The lowest BCUT2D eigenvalue weighted by Crippen LogP contribution is -2.30. The maximum absolute atomic E-state index is 6.28. The van der Waals surface area contributed by atoms with Gasteiger partial charge in [0.1, 0.15) is 12.4 Å². The Morgan fingerprint density at radius 3 is 2.75 bits per heavy atom. The van der Waals surface area contributed by atoms with Crippen molar-refractivity contribution in [2.75, 3.05) is 6.61 Å². The lowest BCUT2D eigenvalue weighted by Gasteiger charge is -2.13. The SMILES string of the molecule is NC(COc1cncc(C#Cc2cccnc2)c1)Cc1c[nH]c2ccccc12. The number of nitrogens with two attached hydrogens (primary N) is 1. The average molecular weight is 368 g/mol. The van der Waals surface area contributed by atoms with Crippen LogP contribution < -0.4 is 10.5 Å². The third-order valence-corrected chi connectivity index (χ3v) is 4.35. The van der Waals surface area contributed by atoms with Gasteiger partial charge < -0.3 is 15.5 Å². The highest BCUT2D eigenvalue weighted by atomic mass is 16.5. The summed E-state index contributed by atoms with van der Waals surface area (Å²) in [6, 6.07) is 13.7. The number of nitrogens with one attached hydrogen (secondary N) is 1. The van der Waals surface area contributed by atoms with Crippen molar-refractivity contribution in [1.82, 2.24) is 15.0 Å². The average Bonchev–Trinajstić information content (AvgIpc) is 3.15. The van der Waals surface area contributed by atoms with Gasteiger partial charge in [0, 0.05) is 52.9 Å². The summed E-state index contributed by atoms with van der Waals surface area (Å²) in [6.07, 6.45) is 9.58. The van der Waals surface area contributed by atoms with Crippen LogP contribution in [0.5, 0.6) is 5.75 Å². The van der Waals surface area contributed by atoms with Crippen LogP contribution in [-0.2, 0) is 6.42 Å². The van der Waals surface area contributed by atoms with Crippen LogP contribution in [0.25, 0.3) is 10.9 Å². The molecule has 0 saturated heterocycles. The van der Waals surface area contributed by atoms with Crippen LogP contribution in [0.1, 0.15) is 16.7 Å². The van der Waals surface area contributed by atoms with Crippen LogP contribution >= 0.6 is 0 Å². The Morgan fingerprint density at radius 1 is 1.00 bits per heavy atom. The maximum atomic E-state index is 6.28. The monoisotopic (exact) mass is 368 g/mol. The fraction of sp³-hybridized carbons (Fsp3) is 0.130. The smallest absolute Gasteiger partial charge is 0.138 e. The summed E-state index contributed by atoms with van der Waals surface area (Å²) in [6.45, 7) is 0.403. The van der Waals surface area contributed by atoms with Gasteiger partial charge in [-0.05, 0) is 36.2 Å². The minimum atomic E-state index is -0.121. The summed E-state index contributed by atoms with van der Waals surface area (Å²) in [5, 5.41) is 1.20. The van der Waals surface area contributed by atoms with Gasteiger partial charge in [0.25, 0.3) is 0 Å². The first-order chi connectivity index (χ1) is 13.8. The number of rotatable bonds is 5. The number of para-hydroxylation sites is 1. The van der Waals surface area contributed by atoms with Crippen molar-refractivity contribution < 1.29 is 4.74 Å². The van der Waals surface area contributed by atoms with Gasteiger partial charge in [-0.3, -0.25) is 9.97 Å². The fourth-order valence-electron chi connectivity index (χ4n) is 2.99. The molecule has 0 aliphatic heterocycles. The molecule has 5 heteroatoms. The molecule has 3 N–H and O–H groups in total. The van der Waals surface area contributed by atoms with E-state index < -0.39 is 0 Å². The highest BCUT2D eigenvalue weighted by molar-refractivity contribution is 5.83. The van der Waals surface area contributed by atoms with Crippen LogP contribution in [0.15, 0.2) is 73.4 Å². The molecule has 0 aliphatic rings. The third kappa shape index (κ3) is 4.37. The standard InChI is InChI=1S/C23H20N4O/c24-20(11-19-14-27-23-6-2-1-5-22(19)23)16-28-21-10-18(13-26-15-21)8-7-17-4-3-9-25-12-17/h1-6,9-10,12-15,20,27H,11,16,24H2. The number of benzene rings is 1. The van der Waals surface area contributed by atoms with Gasteiger partial charge in [-0.1, -0.05) is 30.0 Å². The first kappa shape index (κ1) is 17.8. The van der Waals surface area contributed by atoms with Crippen molar-refractivity contribution in [1.29, 1.82) is 0 Å². The van der Waals surface area contributed by atoms with Crippen molar-refractivity contribution in [2.24, 2.45) is 5.73 Å². The largest absolute Gasteiger partial charge is 0.490 e. The van der Waals surface area contributed by atoms with E-state index >= 15 is 0 Å². The molecule has 28 heavy (non-hydrogen) atoms. The molecular weight excluding hydrogens is 348 g/mol. The van der Waals surface area contributed by atoms with Crippen molar-refractivity contribution in [2.45, 2.75) is 12.5 Å². The molecule has 138 valence electrons. The van der Waals surface area contributed by atoms with Gasteiger partial charge in [0.05, 0.1) is 6.20 Å². The van der Waals surface area contributed by atoms with Crippen LogP contribution in [0.3, 0.4) is 0 Å². The van der Waals surface area contributed by atoms with E-state index in [1.54, 1.807) is 24.8 Å². The van der Waals surface area contributed by atoms with Gasteiger partial charge in [0.15, 0.2) is 0 Å². The first-order valence-electron chi connectivity index (χ1n) is 9.08. The molecule has 3 heterocycles. The molecule has 0 saturated carbocycles. The molecule has 4 rings (SSSR count). The van der Waals surface area contributed by atoms with Crippen LogP contribution in [0.2, 0.25) is 0 Å².